The normalized spacial score (nSPS) is 18.5. The van der Waals surface area contributed by atoms with Crippen molar-refractivity contribution >= 4 is 39.4 Å². The van der Waals surface area contributed by atoms with Crippen LogP contribution >= 0.6 is 0 Å². The molecule has 2 saturated heterocycles. The Labute approximate surface area is 462 Å². The molecule has 20 nitrogen and oxygen atoms in total. The Hall–Kier alpha value is -7.85. The fourth-order valence-electron chi connectivity index (χ4n) is 11.2. The molecule has 4 aromatic carbocycles. The molecular weight excluding hydrogens is 1020 g/mol. The lowest BCUT2D eigenvalue weighted by atomic mass is 9.88. The van der Waals surface area contributed by atoms with E-state index >= 15 is 4.39 Å². The summed E-state index contributed by atoms with van der Waals surface area (Å²) in [6.07, 6.45) is 6.53. The number of amides is 2. The summed E-state index contributed by atoms with van der Waals surface area (Å²) in [6, 6.07) is 16.3. The maximum absolute atomic E-state index is 16.1. The average Bonchev–Trinajstić information content (AvgIpc) is 3.62. The molecule has 1 saturated carbocycles. The number of carbonyl (C=O) groups is 2. The quantitative estimate of drug-likeness (QED) is 0.0495. The number of aromatic nitrogens is 8. The van der Waals surface area contributed by atoms with Gasteiger partial charge in [-0.15, -0.1) is 5.10 Å². The highest BCUT2D eigenvalue weighted by atomic mass is 19.1. The fourth-order valence-corrected chi connectivity index (χ4v) is 11.2. The van der Waals surface area contributed by atoms with Gasteiger partial charge in [-0.1, -0.05) is 67.6 Å². The van der Waals surface area contributed by atoms with Crippen LogP contribution in [0, 0.1) is 25.6 Å². The lowest BCUT2D eigenvalue weighted by Gasteiger charge is -2.30. The summed E-state index contributed by atoms with van der Waals surface area (Å²) in [4.78, 5) is 46.5. The lowest BCUT2D eigenvalue weighted by molar-refractivity contribution is -0.142. The molecule has 8 aromatic rings. The van der Waals surface area contributed by atoms with Gasteiger partial charge in [0.05, 0.1) is 48.5 Å². The summed E-state index contributed by atoms with van der Waals surface area (Å²) in [7, 11) is 3.68. The predicted molar refractivity (Wildman–Crippen MR) is 297 cm³/mol. The average molecular weight is 1090 g/mol. The second-order valence-corrected chi connectivity index (χ2v) is 21.8. The predicted octanol–water partition coefficient (Wildman–Crippen LogP) is 7.52. The summed E-state index contributed by atoms with van der Waals surface area (Å²) >= 11 is 0. The van der Waals surface area contributed by atoms with Gasteiger partial charge in [-0.25, -0.2) is 14.1 Å². The number of β-amino-alcohol motifs (C(OH)–C–C–N with tert-alkyl or cyclic N) is 1. The van der Waals surface area contributed by atoms with Crippen molar-refractivity contribution in [3.63, 3.8) is 0 Å². The minimum absolute atomic E-state index is 0.0270. The van der Waals surface area contributed by atoms with E-state index in [1.165, 1.54) is 22.0 Å². The Balaban J connectivity index is 0.872. The number of fused-ring (bicyclic) bond motifs is 2. The van der Waals surface area contributed by atoms with E-state index in [9.17, 15) is 19.8 Å². The van der Waals surface area contributed by atoms with E-state index < -0.39 is 42.7 Å². The van der Waals surface area contributed by atoms with Gasteiger partial charge in [0.2, 0.25) is 11.8 Å². The number of aromatic amines is 1. The Morgan fingerprint density at radius 2 is 1.76 bits per heavy atom. The highest BCUT2D eigenvalue weighted by molar-refractivity contribution is 6.06. The van der Waals surface area contributed by atoms with Crippen LogP contribution in [0.4, 0.5) is 10.2 Å². The number of aliphatic hydroxyl groups is 2. The standard InChI is InChI=1S/C59H67FN12O8/c1-31(2)53(58(76)71-25-41(74)20-49(71)57(75)64-48(27-73)38-14-16-39(17-15-38)54-34(5)62-30-80-54)72-26-47(68-69-72)37-10-8-35(9-11-37)29-78-55-51(50-33(4)45(60)22-46-44(50)24-63-67-46)42(36-12-13-36)21-43-52(55)65-59(79-28-32(3)77-7)66-56(43)70(6)40-18-19-61-23-40/h8-11,14-17,21-22,24,26,30-32,36,40-41,48-49,53,61,73-74H,12-13,18-20,23,25,27-29H2,1-7H3,(H,63,67)(H,64,75)/t32-,40-,41+,48-,49-,53-/m0/s1. The Kier molecular flexibility index (Phi) is 15.4. The molecule has 1 aliphatic carbocycles. The highest BCUT2D eigenvalue weighted by Crippen LogP contribution is 2.53. The number of nitrogens with zero attached hydrogens (tertiary/aromatic N) is 9. The molecule has 4 aromatic heterocycles. The number of anilines is 1. The number of methoxy groups -OCH3 is 1. The maximum atomic E-state index is 16.1. The van der Waals surface area contributed by atoms with Gasteiger partial charge >= 0.3 is 6.01 Å². The molecule has 6 atom stereocenters. The molecule has 80 heavy (non-hydrogen) atoms. The molecule has 0 unspecified atom stereocenters. The van der Waals surface area contributed by atoms with Crippen molar-refractivity contribution in [2.24, 2.45) is 5.92 Å². The summed E-state index contributed by atoms with van der Waals surface area (Å²) in [5.41, 5.74) is 8.27. The zero-order valence-corrected chi connectivity index (χ0v) is 45.9. The molecule has 5 N–H and O–H groups in total. The second kappa shape index (κ2) is 22.7. The number of nitrogens with one attached hydrogen (secondary N) is 3. The minimum atomic E-state index is -0.998. The number of aliphatic hydroxyl groups excluding tert-OH is 2. The van der Waals surface area contributed by atoms with Crippen LogP contribution in [0.25, 0.3) is 55.5 Å². The number of likely N-dealkylation sites (N-methyl/N-ethyl adjacent to an activating group) is 1. The molecule has 2 amide bonds. The summed E-state index contributed by atoms with van der Waals surface area (Å²) in [6.45, 7) is 10.9. The van der Waals surface area contributed by atoms with Gasteiger partial charge in [0.15, 0.2) is 17.9 Å². The largest absolute Gasteiger partial charge is 0.486 e. The number of hydrogen-bond donors (Lipinski definition) is 5. The Morgan fingerprint density at radius 1 is 0.988 bits per heavy atom. The molecule has 11 rings (SSSR count). The number of H-pyrrole nitrogens is 1. The zero-order valence-electron chi connectivity index (χ0n) is 45.9. The SMILES string of the molecule is CO[C@@H](C)COc1nc(N(C)[C@H]2CCNC2)c2cc(C3CC3)c(-c3c(C)c(F)cc4[nH]ncc34)c(OCc3ccc(-c4cn([C@H](C(=O)N5C[C@H](O)C[C@H]5C(=O)N[C@@H](CO)c5ccc(-c6ocnc6C)cc5)C(C)C)nn4)cc3)c2n1. The number of oxazole rings is 1. The first-order chi connectivity index (χ1) is 38.7. The van der Waals surface area contributed by atoms with Crippen LogP contribution in [0.5, 0.6) is 11.8 Å². The summed E-state index contributed by atoms with van der Waals surface area (Å²) < 4.78 is 42.0. The number of halogens is 1. The van der Waals surface area contributed by atoms with E-state index in [0.29, 0.717) is 50.7 Å². The topological polar surface area (TPSA) is 244 Å². The van der Waals surface area contributed by atoms with E-state index in [2.05, 4.69) is 54.1 Å². The third-order valence-corrected chi connectivity index (χ3v) is 15.9. The number of aryl methyl sites for hydroxylation is 1. The maximum Gasteiger partial charge on any atom is 0.319 e. The van der Waals surface area contributed by atoms with Gasteiger partial charge < -0.3 is 49.3 Å². The van der Waals surface area contributed by atoms with Crippen LogP contribution in [0.2, 0.25) is 0 Å². The van der Waals surface area contributed by atoms with Crippen LogP contribution in [-0.4, -0.2) is 138 Å². The molecule has 3 aliphatic rings. The van der Waals surface area contributed by atoms with E-state index in [1.54, 1.807) is 38.6 Å². The molecule has 3 fully saturated rings. The molecule has 0 radical (unpaired) electrons. The number of hydrogen-bond acceptors (Lipinski definition) is 16. The lowest BCUT2D eigenvalue weighted by Crippen LogP contribution is -2.50. The molecule has 2 aliphatic heterocycles. The zero-order chi connectivity index (χ0) is 55.9. The van der Waals surface area contributed by atoms with E-state index in [0.717, 1.165) is 76.6 Å². The summed E-state index contributed by atoms with van der Waals surface area (Å²) in [5, 5.41) is 45.5. The van der Waals surface area contributed by atoms with Crippen molar-refractivity contribution in [2.45, 2.75) is 109 Å². The fraction of sp³-hybridized carbons (Fsp3) is 0.424. The second-order valence-electron chi connectivity index (χ2n) is 21.8. The number of carbonyl (C=O) groups excluding carboxylic acids is 2. The molecular formula is C59H67FN12O8. The minimum Gasteiger partial charge on any atom is -0.486 e. The molecule has 418 valence electrons. The first kappa shape index (κ1) is 54.1. The van der Waals surface area contributed by atoms with Crippen molar-refractivity contribution in [1.82, 2.24) is 55.7 Å². The van der Waals surface area contributed by atoms with Crippen LogP contribution in [0.1, 0.15) is 92.4 Å². The van der Waals surface area contributed by atoms with Crippen molar-refractivity contribution in [1.29, 1.82) is 0 Å². The van der Waals surface area contributed by atoms with Crippen molar-refractivity contribution in [3.05, 3.63) is 113 Å². The number of benzene rings is 4. The third-order valence-electron chi connectivity index (χ3n) is 15.9. The van der Waals surface area contributed by atoms with Crippen LogP contribution in [0.3, 0.4) is 0 Å². The van der Waals surface area contributed by atoms with E-state index in [1.807, 2.05) is 64.1 Å². The van der Waals surface area contributed by atoms with Crippen LogP contribution in [-0.2, 0) is 20.9 Å². The van der Waals surface area contributed by atoms with Gasteiger partial charge in [-0.05, 0) is 92.8 Å². The Bertz CT molecular complexity index is 3540. The molecule has 6 heterocycles. The van der Waals surface area contributed by atoms with Gasteiger partial charge in [0, 0.05) is 72.7 Å². The van der Waals surface area contributed by atoms with Crippen molar-refractivity contribution in [3.8, 4) is 45.5 Å². The first-order valence-electron chi connectivity index (χ1n) is 27.3. The number of ether oxygens (including phenoxy) is 3. The van der Waals surface area contributed by atoms with Gasteiger partial charge in [-0.2, -0.15) is 15.1 Å². The molecule has 0 bridgehead atoms. The monoisotopic (exact) mass is 1090 g/mol. The van der Waals surface area contributed by atoms with E-state index in [4.69, 9.17) is 28.6 Å². The molecule has 21 heteroatoms. The Morgan fingerprint density at radius 3 is 2.45 bits per heavy atom. The van der Waals surface area contributed by atoms with Crippen molar-refractivity contribution in [2.75, 3.05) is 51.9 Å². The van der Waals surface area contributed by atoms with Crippen LogP contribution < -0.4 is 25.0 Å². The number of likely N-dealkylation sites (tertiary alicyclic amines) is 1. The van der Waals surface area contributed by atoms with Crippen molar-refractivity contribution < 1.29 is 42.8 Å². The smallest absolute Gasteiger partial charge is 0.319 e. The van der Waals surface area contributed by atoms with Gasteiger partial charge in [-0.3, -0.25) is 14.7 Å². The highest BCUT2D eigenvalue weighted by Gasteiger charge is 2.43. The third kappa shape index (κ3) is 10.7. The number of rotatable bonds is 20. The van der Waals surface area contributed by atoms with E-state index in [-0.39, 0.29) is 62.0 Å². The van der Waals surface area contributed by atoms with Crippen LogP contribution in [0.15, 0.2) is 83.9 Å². The van der Waals surface area contributed by atoms with Gasteiger partial charge in [0.1, 0.15) is 48.1 Å². The van der Waals surface area contributed by atoms with Gasteiger partial charge in [0.25, 0.3) is 0 Å². The first-order valence-corrected chi connectivity index (χ1v) is 27.3. The molecule has 0 spiro atoms. The summed E-state index contributed by atoms with van der Waals surface area (Å²) in [5.74, 6) is 0.462.